The molecule has 1 aliphatic carbocycles. The maximum Gasteiger partial charge on any atom is 0.391 e. The summed E-state index contributed by atoms with van der Waals surface area (Å²) in [5, 5.41) is 2.98. The second kappa shape index (κ2) is 6.57. The fourth-order valence-corrected chi connectivity index (χ4v) is 3.08. The molecule has 1 saturated carbocycles. The molecule has 0 saturated heterocycles. The Morgan fingerprint density at radius 3 is 2.71 bits per heavy atom. The van der Waals surface area contributed by atoms with E-state index in [9.17, 15) is 18.0 Å². The number of benzene rings is 1. The number of hydrogen-bond acceptors (Lipinski definition) is 1. The van der Waals surface area contributed by atoms with Gasteiger partial charge >= 0.3 is 6.18 Å². The van der Waals surface area contributed by atoms with Crippen molar-refractivity contribution in [3.05, 3.63) is 27.7 Å². The van der Waals surface area contributed by atoms with Gasteiger partial charge in [-0.05, 0) is 37.5 Å². The molecule has 0 spiro atoms. The average Bonchev–Trinajstić information content (AvgIpc) is 2.42. The Balaban J connectivity index is 2.04. The van der Waals surface area contributed by atoms with Crippen LogP contribution in [0.25, 0.3) is 0 Å². The number of rotatable bonds is 2. The lowest BCUT2D eigenvalue weighted by Crippen LogP contribution is -2.34. The van der Waals surface area contributed by atoms with E-state index in [1.54, 1.807) is 18.2 Å². The third-order valence-electron chi connectivity index (χ3n) is 3.69. The van der Waals surface area contributed by atoms with Gasteiger partial charge in [-0.1, -0.05) is 34.0 Å². The maximum atomic E-state index is 12.8. The Labute approximate surface area is 134 Å². The average molecular weight is 385 g/mol. The Morgan fingerprint density at radius 1 is 1.33 bits per heavy atom. The fraction of sp³-hybridized carbons (Fsp3) is 0.500. The van der Waals surface area contributed by atoms with E-state index >= 15 is 0 Å². The van der Waals surface area contributed by atoms with Crippen molar-refractivity contribution in [2.24, 2.45) is 11.8 Å². The zero-order chi connectivity index (χ0) is 15.6. The van der Waals surface area contributed by atoms with Crippen LogP contribution in [0.15, 0.2) is 22.7 Å². The number of amides is 1. The number of nitrogens with one attached hydrogen (secondary N) is 1. The van der Waals surface area contributed by atoms with Gasteiger partial charge in [-0.3, -0.25) is 4.79 Å². The lowest BCUT2D eigenvalue weighted by atomic mass is 9.80. The first-order valence-corrected chi connectivity index (χ1v) is 7.77. The van der Waals surface area contributed by atoms with Crippen LogP contribution in [0, 0.1) is 11.8 Å². The lowest BCUT2D eigenvalue weighted by Gasteiger charge is -2.29. The van der Waals surface area contributed by atoms with Crippen LogP contribution in [0.4, 0.5) is 18.9 Å². The Bertz CT molecular complexity index is 535. The Kier molecular flexibility index (Phi) is 5.20. The second-order valence-electron chi connectivity index (χ2n) is 5.22. The van der Waals surface area contributed by atoms with Crippen molar-refractivity contribution in [2.45, 2.75) is 31.9 Å². The summed E-state index contributed by atoms with van der Waals surface area (Å²) < 4.78 is 39.0. The zero-order valence-electron chi connectivity index (χ0n) is 11.0. The van der Waals surface area contributed by atoms with Gasteiger partial charge in [-0.25, -0.2) is 0 Å². The van der Waals surface area contributed by atoms with Crippen molar-refractivity contribution in [1.82, 2.24) is 0 Å². The molecule has 1 aromatic rings. The first-order valence-electron chi connectivity index (χ1n) is 6.60. The molecule has 1 N–H and O–H groups in total. The van der Waals surface area contributed by atoms with Gasteiger partial charge in [0, 0.05) is 10.4 Å². The maximum absolute atomic E-state index is 12.8. The van der Waals surface area contributed by atoms with Crippen molar-refractivity contribution in [3.63, 3.8) is 0 Å². The zero-order valence-corrected chi connectivity index (χ0v) is 13.4. The highest BCUT2D eigenvalue weighted by molar-refractivity contribution is 9.10. The highest BCUT2D eigenvalue weighted by Crippen LogP contribution is 2.40. The second-order valence-corrected chi connectivity index (χ2v) is 6.54. The Hall–Kier alpha value is -0.750. The van der Waals surface area contributed by atoms with Gasteiger partial charge in [-0.2, -0.15) is 13.2 Å². The quantitative estimate of drug-likeness (QED) is 0.726. The minimum atomic E-state index is -4.23. The topological polar surface area (TPSA) is 29.1 Å². The molecule has 2 unspecified atom stereocenters. The van der Waals surface area contributed by atoms with E-state index in [-0.39, 0.29) is 12.8 Å². The molecule has 1 fully saturated rings. The molecule has 2 atom stereocenters. The molecule has 2 nitrogen and oxygen atoms in total. The summed E-state index contributed by atoms with van der Waals surface area (Å²) in [6, 6.07) is 4.96. The minimum Gasteiger partial charge on any atom is -0.324 e. The van der Waals surface area contributed by atoms with E-state index in [1.165, 1.54) is 0 Å². The molecule has 0 aromatic heterocycles. The monoisotopic (exact) mass is 383 g/mol. The predicted molar refractivity (Wildman–Crippen MR) is 79.3 cm³/mol. The summed E-state index contributed by atoms with van der Waals surface area (Å²) >= 11 is 9.22. The lowest BCUT2D eigenvalue weighted by molar-refractivity contribution is -0.185. The largest absolute Gasteiger partial charge is 0.391 e. The summed E-state index contributed by atoms with van der Waals surface area (Å²) in [6.45, 7) is 0. The SMILES string of the molecule is O=C(Nc1cc(Br)ccc1Cl)C1CCCC(C(F)(F)F)C1. The van der Waals surface area contributed by atoms with Gasteiger partial charge in [0.2, 0.25) is 5.91 Å². The smallest absolute Gasteiger partial charge is 0.324 e. The Morgan fingerprint density at radius 2 is 2.05 bits per heavy atom. The van der Waals surface area contributed by atoms with Crippen LogP contribution in [-0.2, 0) is 4.79 Å². The highest BCUT2D eigenvalue weighted by Gasteiger charge is 2.43. The van der Waals surface area contributed by atoms with Crippen molar-refractivity contribution in [3.8, 4) is 0 Å². The first-order chi connectivity index (χ1) is 9.77. The predicted octanol–water partition coefficient (Wildman–Crippen LogP) is 5.41. The van der Waals surface area contributed by atoms with Gasteiger partial charge < -0.3 is 5.32 Å². The molecule has 1 amide bonds. The first kappa shape index (κ1) is 16.6. The molecule has 7 heteroatoms. The molecule has 0 bridgehead atoms. The fourth-order valence-electron chi connectivity index (χ4n) is 2.55. The van der Waals surface area contributed by atoms with Crippen molar-refractivity contribution in [1.29, 1.82) is 0 Å². The van der Waals surface area contributed by atoms with E-state index in [4.69, 9.17) is 11.6 Å². The number of hydrogen-bond donors (Lipinski definition) is 1. The van der Waals surface area contributed by atoms with Gasteiger partial charge in [0.1, 0.15) is 0 Å². The van der Waals surface area contributed by atoms with Crippen LogP contribution in [0.1, 0.15) is 25.7 Å². The summed E-state index contributed by atoms with van der Waals surface area (Å²) in [5.41, 5.74) is 0.408. The number of carbonyl (C=O) groups is 1. The standard InChI is InChI=1S/C14H14BrClF3NO/c15-10-4-5-11(16)12(7-10)20-13(21)8-2-1-3-9(6-8)14(17,18)19/h4-5,7-9H,1-3,6H2,(H,20,21). The summed E-state index contributed by atoms with van der Waals surface area (Å²) in [6.07, 6.45) is -3.39. The molecule has 1 aromatic carbocycles. The number of anilines is 1. The van der Waals surface area contributed by atoms with Crippen LogP contribution >= 0.6 is 27.5 Å². The van der Waals surface area contributed by atoms with Crippen LogP contribution in [0.2, 0.25) is 5.02 Å². The molecule has 0 radical (unpaired) electrons. The van der Waals surface area contributed by atoms with Gasteiger partial charge in [-0.15, -0.1) is 0 Å². The molecular formula is C14H14BrClF3NO. The third-order valence-corrected chi connectivity index (χ3v) is 4.52. The molecule has 1 aliphatic rings. The van der Waals surface area contributed by atoms with Crippen LogP contribution in [0.3, 0.4) is 0 Å². The molecule has 21 heavy (non-hydrogen) atoms. The van der Waals surface area contributed by atoms with E-state index in [0.717, 1.165) is 4.47 Å². The molecule has 0 heterocycles. The van der Waals surface area contributed by atoms with E-state index in [2.05, 4.69) is 21.2 Å². The third kappa shape index (κ3) is 4.36. The number of halogens is 5. The van der Waals surface area contributed by atoms with E-state index in [1.807, 2.05) is 0 Å². The van der Waals surface area contributed by atoms with Crippen LogP contribution in [-0.4, -0.2) is 12.1 Å². The van der Waals surface area contributed by atoms with Crippen molar-refractivity contribution >= 4 is 39.1 Å². The van der Waals surface area contributed by atoms with Crippen molar-refractivity contribution in [2.75, 3.05) is 5.32 Å². The summed E-state index contributed by atoms with van der Waals surface area (Å²) in [4.78, 5) is 12.2. The van der Waals surface area contributed by atoms with Crippen molar-refractivity contribution < 1.29 is 18.0 Å². The molecule has 116 valence electrons. The van der Waals surface area contributed by atoms with Crippen LogP contribution in [0.5, 0.6) is 0 Å². The van der Waals surface area contributed by atoms with Gasteiger partial charge in [0.05, 0.1) is 16.6 Å². The molecular weight excluding hydrogens is 371 g/mol. The summed E-state index contributed by atoms with van der Waals surface area (Å²) in [7, 11) is 0. The van der Waals surface area contributed by atoms with Crippen LogP contribution < -0.4 is 5.32 Å². The number of alkyl halides is 3. The van der Waals surface area contributed by atoms with E-state index in [0.29, 0.717) is 23.6 Å². The summed E-state index contributed by atoms with van der Waals surface area (Å²) in [5.74, 6) is -2.41. The highest BCUT2D eigenvalue weighted by atomic mass is 79.9. The van der Waals surface area contributed by atoms with Gasteiger partial charge in [0.15, 0.2) is 0 Å². The molecule has 0 aliphatic heterocycles. The number of carbonyl (C=O) groups excluding carboxylic acids is 1. The van der Waals surface area contributed by atoms with Gasteiger partial charge in [0.25, 0.3) is 0 Å². The molecule has 2 rings (SSSR count). The minimum absolute atomic E-state index is 0.102. The van der Waals surface area contributed by atoms with E-state index < -0.39 is 23.9 Å². The normalized spacial score (nSPS) is 22.9.